The summed E-state index contributed by atoms with van der Waals surface area (Å²) in [5.41, 5.74) is 3.08. The van der Waals surface area contributed by atoms with E-state index >= 15 is 0 Å². The maximum absolute atomic E-state index is 11.1. The number of aryl methyl sites for hydroxylation is 2. The first-order valence-corrected chi connectivity index (χ1v) is 7.32. The van der Waals surface area contributed by atoms with E-state index in [2.05, 4.69) is 4.98 Å². The lowest BCUT2D eigenvalue weighted by Gasteiger charge is -2.25. The molecule has 0 bridgehead atoms. The standard InChI is InChI=1S/C15H20N2O3/c1-9-12-8-11(15(18)19)2-3-13(12)17-14(16-9)10-4-6-20-7-5-10/h10-11H,2-8H2,1H3,(H,18,19). The molecule has 0 aromatic carbocycles. The molecule has 0 radical (unpaired) electrons. The zero-order chi connectivity index (χ0) is 14.1. The largest absolute Gasteiger partial charge is 0.481 e. The molecule has 1 unspecified atom stereocenters. The van der Waals surface area contributed by atoms with Gasteiger partial charge in [0, 0.05) is 30.5 Å². The van der Waals surface area contributed by atoms with Gasteiger partial charge in [-0.2, -0.15) is 0 Å². The van der Waals surface area contributed by atoms with Gasteiger partial charge in [-0.15, -0.1) is 0 Å². The van der Waals surface area contributed by atoms with Gasteiger partial charge in [0.1, 0.15) is 5.82 Å². The monoisotopic (exact) mass is 276 g/mol. The zero-order valence-electron chi connectivity index (χ0n) is 11.8. The van der Waals surface area contributed by atoms with E-state index in [1.807, 2.05) is 6.92 Å². The van der Waals surface area contributed by atoms with Crippen molar-refractivity contribution in [2.24, 2.45) is 5.92 Å². The van der Waals surface area contributed by atoms with Gasteiger partial charge in [0.25, 0.3) is 0 Å². The van der Waals surface area contributed by atoms with E-state index in [4.69, 9.17) is 14.8 Å². The molecular formula is C15H20N2O3. The molecule has 1 aromatic heterocycles. The fourth-order valence-corrected chi connectivity index (χ4v) is 3.16. The molecule has 5 nitrogen and oxygen atoms in total. The van der Waals surface area contributed by atoms with Crippen LogP contribution in [0.3, 0.4) is 0 Å². The molecule has 20 heavy (non-hydrogen) atoms. The van der Waals surface area contributed by atoms with Crippen LogP contribution in [-0.2, 0) is 22.4 Å². The average molecular weight is 276 g/mol. The molecule has 0 saturated carbocycles. The van der Waals surface area contributed by atoms with Crippen molar-refractivity contribution in [1.82, 2.24) is 9.97 Å². The second-order valence-electron chi connectivity index (χ2n) is 5.76. The van der Waals surface area contributed by atoms with Crippen LogP contribution in [0, 0.1) is 12.8 Å². The Morgan fingerprint density at radius 1 is 1.25 bits per heavy atom. The van der Waals surface area contributed by atoms with Gasteiger partial charge in [-0.05, 0) is 44.6 Å². The van der Waals surface area contributed by atoms with Gasteiger partial charge in [0.2, 0.25) is 0 Å². The molecule has 3 rings (SSSR count). The van der Waals surface area contributed by atoms with Gasteiger partial charge >= 0.3 is 5.97 Å². The Hall–Kier alpha value is -1.49. The second-order valence-corrected chi connectivity index (χ2v) is 5.76. The molecule has 1 aromatic rings. The number of hydrogen-bond donors (Lipinski definition) is 1. The Labute approximate surface area is 118 Å². The summed E-state index contributed by atoms with van der Waals surface area (Å²) >= 11 is 0. The SMILES string of the molecule is Cc1nc(C2CCOCC2)nc2c1CC(C(=O)O)CC2. The lowest BCUT2D eigenvalue weighted by molar-refractivity contribution is -0.142. The van der Waals surface area contributed by atoms with Crippen LogP contribution in [0.1, 0.15) is 48.0 Å². The Kier molecular flexibility index (Phi) is 3.70. The molecule has 0 spiro atoms. The number of hydrogen-bond acceptors (Lipinski definition) is 4. The highest BCUT2D eigenvalue weighted by Gasteiger charge is 2.28. The highest BCUT2D eigenvalue weighted by atomic mass is 16.5. The second kappa shape index (κ2) is 5.48. The number of carboxylic acids is 1. The van der Waals surface area contributed by atoms with Crippen LogP contribution >= 0.6 is 0 Å². The van der Waals surface area contributed by atoms with Gasteiger partial charge in [-0.3, -0.25) is 4.79 Å². The number of aliphatic carboxylic acids is 1. The maximum Gasteiger partial charge on any atom is 0.306 e. The van der Waals surface area contributed by atoms with Crippen LogP contribution in [0.5, 0.6) is 0 Å². The first-order chi connectivity index (χ1) is 9.65. The van der Waals surface area contributed by atoms with Crippen molar-refractivity contribution >= 4 is 5.97 Å². The molecule has 1 atom stereocenters. The Bertz CT molecular complexity index is 524. The van der Waals surface area contributed by atoms with Crippen molar-refractivity contribution in [2.45, 2.75) is 44.9 Å². The fraction of sp³-hybridized carbons (Fsp3) is 0.667. The molecule has 5 heteroatoms. The van der Waals surface area contributed by atoms with Gasteiger partial charge in [-0.1, -0.05) is 0 Å². The van der Waals surface area contributed by atoms with Crippen molar-refractivity contribution in [3.63, 3.8) is 0 Å². The minimum absolute atomic E-state index is 0.279. The molecule has 1 aliphatic heterocycles. The smallest absolute Gasteiger partial charge is 0.306 e. The highest BCUT2D eigenvalue weighted by Crippen LogP contribution is 2.30. The van der Waals surface area contributed by atoms with Crippen LogP contribution in [0.2, 0.25) is 0 Å². The lowest BCUT2D eigenvalue weighted by Crippen LogP contribution is -2.26. The van der Waals surface area contributed by atoms with E-state index < -0.39 is 5.97 Å². The number of aromatic nitrogens is 2. The minimum Gasteiger partial charge on any atom is -0.481 e. The summed E-state index contributed by atoms with van der Waals surface area (Å²) in [6, 6.07) is 0. The van der Waals surface area contributed by atoms with Crippen molar-refractivity contribution in [3.05, 3.63) is 22.8 Å². The molecule has 1 saturated heterocycles. The normalized spacial score (nSPS) is 23.4. The quantitative estimate of drug-likeness (QED) is 0.892. The van der Waals surface area contributed by atoms with E-state index in [1.165, 1.54) is 0 Å². The number of carboxylic acid groups (broad SMARTS) is 1. The van der Waals surface area contributed by atoms with E-state index in [-0.39, 0.29) is 5.92 Å². The molecule has 0 amide bonds. The van der Waals surface area contributed by atoms with Crippen molar-refractivity contribution in [3.8, 4) is 0 Å². The molecule has 2 aliphatic rings. The third-order valence-electron chi connectivity index (χ3n) is 4.43. The summed E-state index contributed by atoms with van der Waals surface area (Å²) < 4.78 is 5.38. The summed E-state index contributed by atoms with van der Waals surface area (Å²) in [5.74, 6) is 0.338. The van der Waals surface area contributed by atoms with E-state index in [0.29, 0.717) is 18.8 Å². The molecular weight excluding hydrogens is 256 g/mol. The average Bonchev–Trinajstić information content (AvgIpc) is 2.47. The fourth-order valence-electron chi connectivity index (χ4n) is 3.16. The lowest BCUT2D eigenvalue weighted by atomic mass is 9.85. The topological polar surface area (TPSA) is 72.3 Å². The van der Waals surface area contributed by atoms with Gasteiger partial charge < -0.3 is 9.84 Å². The van der Waals surface area contributed by atoms with Gasteiger partial charge in [-0.25, -0.2) is 9.97 Å². The molecule has 1 fully saturated rings. The summed E-state index contributed by atoms with van der Waals surface area (Å²) in [6.45, 7) is 3.55. The maximum atomic E-state index is 11.1. The number of carbonyl (C=O) groups is 1. The van der Waals surface area contributed by atoms with Crippen molar-refractivity contribution < 1.29 is 14.6 Å². The van der Waals surface area contributed by atoms with E-state index in [0.717, 1.165) is 55.3 Å². The van der Waals surface area contributed by atoms with Crippen LogP contribution in [0.25, 0.3) is 0 Å². The van der Waals surface area contributed by atoms with Gasteiger partial charge in [0.05, 0.1) is 5.92 Å². The summed E-state index contributed by atoms with van der Waals surface area (Å²) in [6.07, 6.45) is 3.98. The van der Waals surface area contributed by atoms with Crippen LogP contribution in [0.15, 0.2) is 0 Å². The number of nitrogens with zero attached hydrogens (tertiary/aromatic N) is 2. The molecule has 2 heterocycles. The summed E-state index contributed by atoms with van der Waals surface area (Å²) in [5, 5.41) is 9.16. The first-order valence-electron chi connectivity index (χ1n) is 7.32. The van der Waals surface area contributed by atoms with Crippen LogP contribution in [0.4, 0.5) is 0 Å². The van der Waals surface area contributed by atoms with E-state index in [9.17, 15) is 4.79 Å². The number of rotatable bonds is 2. The van der Waals surface area contributed by atoms with E-state index in [1.54, 1.807) is 0 Å². The van der Waals surface area contributed by atoms with Crippen LogP contribution < -0.4 is 0 Å². The predicted octanol–water partition coefficient (Wildman–Crippen LogP) is 1.87. The highest BCUT2D eigenvalue weighted by molar-refractivity contribution is 5.71. The number of fused-ring (bicyclic) bond motifs is 1. The van der Waals surface area contributed by atoms with Crippen molar-refractivity contribution in [1.29, 1.82) is 0 Å². The molecule has 1 N–H and O–H groups in total. The third kappa shape index (κ3) is 2.54. The third-order valence-corrected chi connectivity index (χ3v) is 4.43. The minimum atomic E-state index is -0.705. The predicted molar refractivity (Wildman–Crippen MR) is 72.7 cm³/mol. The zero-order valence-corrected chi connectivity index (χ0v) is 11.8. The number of ether oxygens (including phenoxy) is 1. The summed E-state index contributed by atoms with van der Waals surface area (Å²) in [7, 11) is 0. The Morgan fingerprint density at radius 2 is 2.00 bits per heavy atom. The van der Waals surface area contributed by atoms with Crippen molar-refractivity contribution in [2.75, 3.05) is 13.2 Å². The Balaban J connectivity index is 1.87. The summed E-state index contributed by atoms with van der Waals surface area (Å²) in [4.78, 5) is 20.5. The molecule has 1 aliphatic carbocycles. The van der Waals surface area contributed by atoms with Crippen LogP contribution in [-0.4, -0.2) is 34.3 Å². The van der Waals surface area contributed by atoms with Gasteiger partial charge in [0.15, 0.2) is 0 Å². The first kappa shape index (κ1) is 13.5. The molecule has 108 valence electrons. The Morgan fingerprint density at radius 3 is 2.70 bits per heavy atom.